The van der Waals surface area contributed by atoms with Gasteiger partial charge < -0.3 is 10.1 Å². The van der Waals surface area contributed by atoms with Crippen molar-refractivity contribution in [3.63, 3.8) is 0 Å². The van der Waals surface area contributed by atoms with Gasteiger partial charge >= 0.3 is 0 Å². The van der Waals surface area contributed by atoms with Crippen LogP contribution in [-0.2, 0) is 10.8 Å². The van der Waals surface area contributed by atoms with Gasteiger partial charge in [-0.25, -0.2) is 0 Å². The van der Waals surface area contributed by atoms with Crippen LogP contribution in [0.2, 0.25) is 0 Å². The van der Waals surface area contributed by atoms with Crippen molar-refractivity contribution in [2.45, 2.75) is 25.8 Å². The summed E-state index contributed by atoms with van der Waals surface area (Å²) in [5.74, 6) is 2.46. The molecule has 1 N–H and O–H groups in total. The highest BCUT2D eigenvalue weighted by atomic mass is 79.9. The molecule has 18 heavy (non-hydrogen) atoms. The highest BCUT2D eigenvalue weighted by molar-refractivity contribution is 9.10. The van der Waals surface area contributed by atoms with E-state index in [-0.39, 0.29) is 0 Å². The molecule has 0 amide bonds. The van der Waals surface area contributed by atoms with E-state index in [9.17, 15) is 4.21 Å². The molecule has 0 saturated carbocycles. The van der Waals surface area contributed by atoms with E-state index in [0.29, 0.717) is 6.04 Å². The Morgan fingerprint density at radius 2 is 2.06 bits per heavy atom. The summed E-state index contributed by atoms with van der Waals surface area (Å²) >= 11 is 3.47. The summed E-state index contributed by atoms with van der Waals surface area (Å²) in [5, 5.41) is 3.54. The largest absolute Gasteiger partial charge is 0.495 e. The van der Waals surface area contributed by atoms with Crippen LogP contribution in [0.4, 0.5) is 5.69 Å². The maximum Gasteiger partial charge on any atom is 0.143 e. The lowest BCUT2D eigenvalue weighted by atomic mass is 10.1. The molecule has 0 aromatic heterocycles. The van der Waals surface area contributed by atoms with Crippen LogP contribution in [0.5, 0.6) is 5.75 Å². The number of anilines is 1. The van der Waals surface area contributed by atoms with Crippen LogP contribution in [0.15, 0.2) is 16.6 Å². The third kappa shape index (κ3) is 3.26. The van der Waals surface area contributed by atoms with Crippen molar-refractivity contribution in [3.8, 4) is 5.75 Å². The van der Waals surface area contributed by atoms with Crippen molar-refractivity contribution in [1.29, 1.82) is 0 Å². The summed E-state index contributed by atoms with van der Waals surface area (Å²) in [5.41, 5.74) is 2.21. The third-order valence-corrected chi connectivity index (χ3v) is 5.06. The summed E-state index contributed by atoms with van der Waals surface area (Å²) in [6.45, 7) is 2.07. The number of hydrogen-bond donors (Lipinski definition) is 1. The molecule has 0 unspecified atom stereocenters. The van der Waals surface area contributed by atoms with Crippen molar-refractivity contribution in [2.24, 2.45) is 0 Å². The molecule has 1 saturated heterocycles. The summed E-state index contributed by atoms with van der Waals surface area (Å²) in [4.78, 5) is 0. The Morgan fingerprint density at radius 3 is 2.67 bits per heavy atom. The van der Waals surface area contributed by atoms with Crippen LogP contribution in [-0.4, -0.2) is 28.9 Å². The zero-order valence-corrected chi connectivity index (χ0v) is 13.1. The Bertz CT molecular complexity index is 455. The van der Waals surface area contributed by atoms with Gasteiger partial charge in [0.25, 0.3) is 0 Å². The van der Waals surface area contributed by atoms with Gasteiger partial charge in [-0.1, -0.05) is 15.9 Å². The molecular weight excluding hydrogens is 314 g/mol. The zero-order valence-electron chi connectivity index (χ0n) is 10.7. The van der Waals surface area contributed by atoms with Gasteiger partial charge in [-0.2, -0.15) is 0 Å². The zero-order chi connectivity index (χ0) is 13.1. The summed E-state index contributed by atoms with van der Waals surface area (Å²) in [6.07, 6.45) is 1.93. The minimum Gasteiger partial charge on any atom is -0.495 e. The SMILES string of the molecule is COc1cc(Br)cc(C)c1NC1CCS(=O)CC1. The van der Waals surface area contributed by atoms with Crippen LogP contribution < -0.4 is 10.1 Å². The molecule has 1 fully saturated rings. The molecule has 0 atom stereocenters. The molecule has 1 aromatic carbocycles. The number of rotatable bonds is 3. The van der Waals surface area contributed by atoms with Gasteiger partial charge in [-0.3, -0.25) is 4.21 Å². The van der Waals surface area contributed by atoms with Crippen LogP contribution in [0, 0.1) is 6.92 Å². The van der Waals surface area contributed by atoms with Crippen LogP contribution in [0.1, 0.15) is 18.4 Å². The van der Waals surface area contributed by atoms with E-state index in [0.717, 1.165) is 45.8 Å². The first-order chi connectivity index (χ1) is 8.60. The first kappa shape index (κ1) is 13.9. The topological polar surface area (TPSA) is 38.3 Å². The number of aryl methyl sites for hydroxylation is 1. The molecule has 0 bridgehead atoms. The average Bonchev–Trinajstić information content (AvgIpc) is 2.34. The standard InChI is InChI=1S/C13H18BrNO2S/c1-9-7-10(14)8-12(17-2)13(9)15-11-3-5-18(16)6-4-11/h7-8,11,15H,3-6H2,1-2H3. The van der Waals surface area contributed by atoms with E-state index in [1.54, 1.807) is 7.11 Å². The Hall–Kier alpha value is -0.550. The minimum atomic E-state index is -0.614. The second kappa shape index (κ2) is 6.06. The number of benzene rings is 1. The smallest absolute Gasteiger partial charge is 0.143 e. The Morgan fingerprint density at radius 1 is 1.39 bits per heavy atom. The van der Waals surface area contributed by atoms with Crippen molar-refractivity contribution >= 4 is 32.4 Å². The van der Waals surface area contributed by atoms with E-state index >= 15 is 0 Å². The van der Waals surface area contributed by atoms with Gasteiger partial charge in [0.05, 0.1) is 12.8 Å². The number of methoxy groups -OCH3 is 1. The van der Waals surface area contributed by atoms with Gasteiger partial charge in [0.2, 0.25) is 0 Å². The quantitative estimate of drug-likeness (QED) is 0.924. The van der Waals surface area contributed by atoms with Crippen molar-refractivity contribution in [3.05, 3.63) is 22.2 Å². The fourth-order valence-electron chi connectivity index (χ4n) is 2.20. The lowest BCUT2D eigenvalue weighted by Crippen LogP contribution is -2.29. The van der Waals surface area contributed by atoms with Crippen molar-refractivity contribution in [2.75, 3.05) is 23.9 Å². The summed E-state index contributed by atoms with van der Waals surface area (Å²) < 4.78 is 17.8. The fraction of sp³-hybridized carbons (Fsp3) is 0.538. The number of nitrogens with one attached hydrogen (secondary N) is 1. The van der Waals surface area contributed by atoms with E-state index in [1.165, 1.54) is 0 Å². The Kier molecular flexibility index (Phi) is 4.67. The molecule has 5 heteroatoms. The lowest BCUT2D eigenvalue weighted by Gasteiger charge is -2.25. The molecule has 3 nitrogen and oxygen atoms in total. The van der Waals surface area contributed by atoms with E-state index in [4.69, 9.17) is 4.74 Å². The van der Waals surface area contributed by atoms with Crippen LogP contribution >= 0.6 is 15.9 Å². The van der Waals surface area contributed by atoms with Crippen LogP contribution in [0.25, 0.3) is 0 Å². The summed E-state index contributed by atoms with van der Waals surface area (Å²) in [6, 6.07) is 4.44. The van der Waals surface area contributed by atoms with Crippen molar-refractivity contribution < 1.29 is 8.95 Å². The maximum atomic E-state index is 11.3. The normalized spacial score (nSPS) is 23.7. The molecule has 0 spiro atoms. The van der Waals surface area contributed by atoms with E-state index in [1.807, 2.05) is 6.07 Å². The molecule has 2 rings (SSSR count). The molecule has 0 radical (unpaired) electrons. The first-order valence-electron chi connectivity index (χ1n) is 6.06. The van der Waals surface area contributed by atoms with Gasteiger partial charge in [0, 0.05) is 32.8 Å². The predicted octanol–water partition coefficient (Wildman–Crippen LogP) is 3.09. The van der Waals surface area contributed by atoms with E-state index < -0.39 is 10.8 Å². The second-order valence-corrected chi connectivity index (χ2v) is 7.18. The number of halogens is 1. The highest BCUT2D eigenvalue weighted by Crippen LogP contribution is 2.33. The summed E-state index contributed by atoms with van der Waals surface area (Å²) in [7, 11) is 1.07. The number of ether oxygens (including phenoxy) is 1. The van der Waals surface area contributed by atoms with Crippen LogP contribution in [0.3, 0.4) is 0 Å². The van der Waals surface area contributed by atoms with Gasteiger partial charge in [0.15, 0.2) is 0 Å². The van der Waals surface area contributed by atoms with E-state index in [2.05, 4.69) is 34.2 Å². The maximum absolute atomic E-state index is 11.3. The third-order valence-electron chi connectivity index (χ3n) is 3.22. The second-order valence-electron chi connectivity index (χ2n) is 4.57. The highest BCUT2D eigenvalue weighted by Gasteiger charge is 2.19. The van der Waals surface area contributed by atoms with Gasteiger partial charge in [0.1, 0.15) is 5.75 Å². The predicted molar refractivity (Wildman–Crippen MR) is 80.0 cm³/mol. The Labute approximate surface area is 119 Å². The lowest BCUT2D eigenvalue weighted by molar-refractivity contribution is 0.415. The molecule has 0 aliphatic carbocycles. The molecule has 1 aliphatic heterocycles. The molecular formula is C13H18BrNO2S. The number of hydrogen-bond acceptors (Lipinski definition) is 3. The Balaban J connectivity index is 2.15. The average molecular weight is 332 g/mol. The first-order valence-corrected chi connectivity index (χ1v) is 8.34. The molecule has 100 valence electrons. The molecule has 1 aliphatic rings. The van der Waals surface area contributed by atoms with Gasteiger partial charge in [-0.15, -0.1) is 0 Å². The monoisotopic (exact) mass is 331 g/mol. The van der Waals surface area contributed by atoms with Crippen molar-refractivity contribution in [1.82, 2.24) is 0 Å². The minimum absolute atomic E-state index is 0.400. The fourth-order valence-corrected chi connectivity index (χ4v) is 4.05. The van der Waals surface area contributed by atoms with Gasteiger partial charge in [-0.05, 0) is 37.5 Å². The molecule has 1 aromatic rings. The molecule has 1 heterocycles.